The third kappa shape index (κ3) is 2.29. The Kier molecular flexibility index (Phi) is 3.62. The molecule has 0 saturated heterocycles. The Labute approximate surface area is 113 Å². The first-order valence-corrected chi connectivity index (χ1v) is 7.49. The van der Waals surface area contributed by atoms with E-state index in [9.17, 15) is 0 Å². The van der Waals surface area contributed by atoms with Crippen molar-refractivity contribution < 1.29 is 4.74 Å². The number of thioether (sulfide) groups is 1. The molecular weight excluding hydrogens is 242 g/mol. The normalized spacial score (nSPS) is 24.1. The summed E-state index contributed by atoms with van der Waals surface area (Å²) in [4.78, 5) is 1.44. The largest absolute Gasteiger partial charge is 0.501 e. The Morgan fingerprint density at radius 3 is 3.00 bits per heavy atom. The smallest absolute Gasteiger partial charge is 0.0876 e. The number of nitrogens with one attached hydrogen (secondary N) is 1. The molecule has 96 valence electrons. The minimum atomic E-state index is 0.433. The lowest BCUT2D eigenvalue weighted by atomic mass is 9.96. The summed E-state index contributed by atoms with van der Waals surface area (Å²) in [5.41, 5.74) is 2.92. The van der Waals surface area contributed by atoms with E-state index in [2.05, 4.69) is 36.6 Å². The van der Waals surface area contributed by atoms with Crippen molar-refractivity contribution >= 4 is 11.8 Å². The molecule has 2 aliphatic heterocycles. The van der Waals surface area contributed by atoms with Gasteiger partial charge < -0.3 is 10.1 Å². The summed E-state index contributed by atoms with van der Waals surface area (Å²) < 4.78 is 5.49. The van der Waals surface area contributed by atoms with E-state index >= 15 is 0 Å². The molecule has 2 nitrogen and oxygen atoms in total. The molecule has 0 saturated carbocycles. The second-order valence-corrected chi connectivity index (χ2v) is 6.18. The summed E-state index contributed by atoms with van der Waals surface area (Å²) >= 11 is 2.00. The Hall–Kier alpha value is -0.930. The number of rotatable bonds is 3. The van der Waals surface area contributed by atoms with Crippen LogP contribution in [-0.2, 0) is 11.2 Å². The lowest BCUT2D eigenvalue weighted by molar-refractivity contribution is 0.219. The van der Waals surface area contributed by atoms with Crippen molar-refractivity contribution in [3.63, 3.8) is 0 Å². The average molecular weight is 261 g/mol. The molecule has 1 aromatic carbocycles. The standard InChI is InChI=1S/C15H19NOS/c1-16-15(12-6-4-8-17-10-12)14-9-11-5-2-3-7-13(11)18-14/h2-3,5,7,10,14-16H,4,6,8-9H2,1H3. The van der Waals surface area contributed by atoms with Crippen LogP contribution < -0.4 is 5.32 Å². The van der Waals surface area contributed by atoms with Crippen LogP contribution in [0, 0.1) is 0 Å². The first-order valence-electron chi connectivity index (χ1n) is 6.61. The lowest BCUT2D eigenvalue weighted by Crippen LogP contribution is -2.38. The van der Waals surface area contributed by atoms with Crippen LogP contribution in [0.25, 0.3) is 0 Å². The number of hydrogen-bond donors (Lipinski definition) is 1. The molecule has 0 aliphatic carbocycles. The van der Waals surface area contributed by atoms with Gasteiger partial charge in [-0.15, -0.1) is 11.8 Å². The van der Waals surface area contributed by atoms with Gasteiger partial charge in [-0.1, -0.05) is 18.2 Å². The van der Waals surface area contributed by atoms with Crippen molar-refractivity contribution in [2.24, 2.45) is 0 Å². The maximum atomic E-state index is 5.49. The van der Waals surface area contributed by atoms with Crippen LogP contribution in [0.15, 0.2) is 41.0 Å². The Bertz CT molecular complexity index is 433. The third-order valence-corrected chi connectivity index (χ3v) is 5.11. The monoisotopic (exact) mass is 261 g/mol. The van der Waals surface area contributed by atoms with Gasteiger partial charge in [-0.05, 0) is 43.5 Å². The number of fused-ring (bicyclic) bond motifs is 1. The van der Waals surface area contributed by atoms with Crippen molar-refractivity contribution in [3.8, 4) is 0 Å². The van der Waals surface area contributed by atoms with E-state index in [4.69, 9.17) is 4.74 Å². The highest BCUT2D eigenvalue weighted by Gasteiger charge is 2.31. The highest BCUT2D eigenvalue weighted by atomic mass is 32.2. The summed E-state index contributed by atoms with van der Waals surface area (Å²) in [7, 11) is 2.06. The maximum absolute atomic E-state index is 5.49. The number of hydrogen-bond acceptors (Lipinski definition) is 3. The van der Waals surface area contributed by atoms with Gasteiger partial charge in [0, 0.05) is 16.2 Å². The number of likely N-dealkylation sites (N-methyl/N-ethyl adjacent to an activating group) is 1. The van der Waals surface area contributed by atoms with Gasteiger partial charge in [-0.2, -0.15) is 0 Å². The van der Waals surface area contributed by atoms with Crippen molar-refractivity contribution in [3.05, 3.63) is 41.7 Å². The van der Waals surface area contributed by atoms with Gasteiger partial charge in [0.2, 0.25) is 0 Å². The highest BCUT2D eigenvalue weighted by molar-refractivity contribution is 8.00. The Balaban J connectivity index is 1.77. The molecule has 2 unspecified atom stereocenters. The van der Waals surface area contributed by atoms with Crippen molar-refractivity contribution in [2.45, 2.75) is 35.4 Å². The first kappa shape index (κ1) is 12.1. The molecule has 0 bridgehead atoms. The summed E-state index contributed by atoms with van der Waals surface area (Å²) in [5, 5.41) is 4.08. The van der Waals surface area contributed by atoms with Crippen molar-refractivity contribution in [1.82, 2.24) is 5.32 Å². The van der Waals surface area contributed by atoms with E-state index in [-0.39, 0.29) is 0 Å². The Morgan fingerprint density at radius 1 is 1.39 bits per heavy atom. The zero-order chi connectivity index (χ0) is 12.4. The molecule has 1 N–H and O–H groups in total. The van der Waals surface area contributed by atoms with Gasteiger partial charge in [0.05, 0.1) is 12.9 Å². The molecule has 2 heterocycles. The van der Waals surface area contributed by atoms with Gasteiger partial charge >= 0.3 is 0 Å². The molecule has 0 aromatic heterocycles. The molecule has 2 aliphatic rings. The third-order valence-electron chi connectivity index (χ3n) is 3.72. The van der Waals surface area contributed by atoms with Crippen molar-refractivity contribution in [2.75, 3.05) is 13.7 Å². The molecule has 3 rings (SSSR count). The minimum Gasteiger partial charge on any atom is -0.501 e. The molecule has 2 atom stereocenters. The van der Waals surface area contributed by atoms with Gasteiger partial charge in [-0.3, -0.25) is 0 Å². The van der Waals surface area contributed by atoms with Crippen LogP contribution in [0.3, 0.4) is 0 Å². The molecular formula is C15H19NOS. The van der Waals surface area contributed by atoms with E-state index < -0.39 is 0 Å². The number of ether oxygens (including phenoxy) is 1. The maximum Gasteiger partial charge on any atom is 0.0876 e. The Morgan fingerprint density at radius 2 is 2.28 bits per heavy atom. The zero-order valence-electron chi connectivity index (χ0n) is 10.7. The summed E-state index contributed by atoms with van der Waals surface area (Å²) in [6.07, 6.45) is 5.45. The number of benzene rings is 1. The fourth-order valence-electron chi connectivity index (χ4n) is 2.82. The fraction of sp³-hybridized carbons (Fsp3) is 0.467. The molecule has 0 fully saturated rings. The second kappa shape index (κ2) is 5.37. The zero-order valence-corrected chi connectivity index (χ0v) is 11.5. The van der Waals surface area contributed by atoms with Crippen LogP contribution in [0.4, 0.5) is 0 Å². The van der Waals surface area contributed by atoms with Gasteiger partial charge in [0.1, 0.15) is 0 Å². The van der Waals surface area contributed by atoms with E-state index in [0.717, 1.165) is 19.4 Å². The minimum absolute atomic E-state index is 0.433. The van der Waals surface area contributed by atoms with Gasteiger partial charge in [0.15, 0.2) is 0 Å². The van der Waals surface area contributed by atoms with Crippen molar-refractivity contribution in [1.29, 1.82) is 0 Å². The lowest BCUT2D eigenvalue weighted by Gasteiger charge is -2.27. The average Bonchev–Trinajstić information content (AvgIpc) is 2.84. The SMILES string of the molecule is CNC(C1=COCCC1)C1Cc2ccccc2S1. The van der Waals surface area contributed by atoms with E-state index in [0.29, 0.717) is 11.3 Å². The molecule has 0 amide bonds. The first-order chi connectivity index (χ1) is 8.88. The molecule has 0 radical (unpaired) electrons. The molecule has 0 spiro atoms. The fourth-order valence-corrected chi connectivity index (χ4v) is 4.31. The summed E-state index contributed by atoms with van der Waals surface area (Å²) in [5.74, 6) is 0. The van der Waals surface area contributed by atoms with Crippen LogP contribution >= 0.6 is 11.8 Å². The van der Waals surface area contributed by atoms with Crippen LogP contribution in [-0.4, -0.2) is 24.9 Å². The summed E-state index contributed by atoms with van der Waals surface area (Å²) in [6, 6.07) is 9.19. The predicted molar refractivity (Wildman–Crippen MR) is 75.9 cm³/mol. The molecule has 18 heavy (non-hydrogen) atoms. The molecule has 3 heteroatoms. The quantitative estimate of drug-likeness (QED) is 0.904. The van der Waals surface area contributed by atoms with E-state index in [1.54, 1.807) is 0 Å². The van der Waals surface area contributed by atoms with Gasteiger partial charge in [0.25, 0.3) is 0 Å². The second-order valence-electron chi connectivity index (χ2n) is 4.90. The van der Waals surface area contributed by atoms with Crippen LogP contribution in [0.2, 0.25) is 0 Å². The van der Waals surface area contributed by atoms with Crippen LogP contribution in [0.1, 0.15) is 18.4 Å². The summed E-state index contributed by atoms with van der Waals surface area (Å²) in [6.45, 7) is 0.873. The highest BCUT2D eigenvalue weighted by Crippen LogP contribution is 2.40. The van der Waals surface area contributed by atoms with Crippen LogP contribution in [0.5, 0.6) is 0 Å². The van der Waals surface area contributed by atoms with Gasteiger partial charge in [-0.25, -0.2) is 0 Å². The van der Waals surface area contributed by atoms with E-state index in [1.807, 2.05) is 18.0 Å². The topological polar surface area (TPSA) is 21.3 Å². The van der Waals surface area contributed by atoms with E-state index in [1.165, 1.54) is 22.5 Å². The molecule has 1 aromatic rings. The predicted octanol–water partition coefficient (Wildman–Crippen LogP) is 2.99.